The van der Waals surface area contributed by atoms with Crippen LogP contribution in [0.1, 0.15) is 45.7 Å². The van der Waals surface area contributed by atoms with Gasteiger partial charge in [-0.3, -0.25) is 4.90 Å². The zero-order valence-electron chi connectivity index (χ0n) is 20.4. The van der Waals surface area contributed by atoms with E-state index in [9.17, 15) is 4.79 Å². The normalized spacial score (nSPS) is 15.3. The molecule has 2 rings (SSSR count). The third-order valence-electron chi connectivity index (χ3n) is 5.08. The zero-order chi connectivity index (χ0) is 23.4. The number of nitrogens with one attached hydrogen (secondary N) is 2. The SMILES string of the molecule is CCNC(=NCc1ccccc1CN1CCOCC1)NCCN(CC)C(=O)OC(C)(C)C. The molecule has 0 aromatic heterocycles. The number of carbonyl (C=O) groups is 1. The van der Waals surface area contributed by atoms with E-state index < -0.39 is 5.60 Å². The summed E-state index contributed by atoms with van der Waals surface area (Å²) < 4.78 is 10.9. The van der Waals surface area contributed by atoms with Crippen molar-refractivity contribution in [3.05, 3.63) is 35.4 Å². The maximum atomic E-state index is 12.3. The second-order valence-corrected chi connectivity index (χ2v) is 8.84. The highest BCUT2D eigenvalue weighted by molar-refractivity contribution is 5.79. The Balaban J connectivity index is 1.93. The fraction of sp³-hybridized carbons (Fsp3) is 0.667. The number of guanidine groups is 1. The van der Waals surface area contributed by atoms with E-state index in [2.05, 4.69) is 39.8 Å². The average molecular weight is 448 g/mol. The molecule has 8 nitrogen and oxygen atoms in total. The van der Waals surface area contributed by atoms with Gasteiger partial charge < -0.3 is 25.0 Å². The number of hydrogen-bond donors (Lipinski definition) is 2. The molecule has 0 unspecified atom stereocenters. The van der Waals surface area contributed by atoms with Gasteiger partial charge in [0, 0.05) is 45.8 Å². The summed E-state index contributed by atoms with van der Waals surface area (Å²) in [6, 6.07) is 8.47. The molecule has 1 aromatic carbocycles. The number of aliphatic imine (C=N–C) groups is 1. The Morgan fingerprint density at radius 2 is 1.84 bits per heavy atom. The number of ether oxygens (including phenoxy) is 2. The van der Waals surface area contributed by atoms with Crippen molar-refractivity contribution in [1.29, 1.82) is 0 Å². The molecular formula is C24H41N5O3. The lowest BCUT2D eigenvalue weighted by atomic mass is 10.1. The van der Waals surface area contributed by atoms with E-state index in [1.807, 2.05) is 34.6 Å². The van der Waals surface area contributed by atoms with E-state index >= 15 is 0 Å². The van der Waals surface area contributed by atoms with Gasteiger partial charge in [-0.1, -0.05) is 24.3 Å². The van der Waals surface area contributed by atoms with Crippen molar-refractivity contribution in [2.45, 2.75) is 53.3 Å². The molecule has 32 heavy (non-hydrogen) atoms. The van der Waals surface area contributed by atoms with Crippen LogP contribution in [0.2, 0.25) is 0 Å². The molecule has 1 aliphatic rings. The summed E-state index contributed by atoms with van der Waals surface area (Å²) in [5.41, 5.74) is 2.03. The van der Waals surface area contributed by atoms with E-state index in [1.54, 1.807) is 4.90 Å². The lowest BCUT2D eigenvalue weighted by Crippen LogP contribution is -2.44. The standard InChI is InChI=1S/C24H41N5O3/c1-6-25-22(26-12-13-29(7-2)23(30)32-24(3,4)5)27-18-20-10-8-9-11-21(20)19-28-14-16-31-17-15-28/h8-11H,6-7,12-19H2,1-5H3,(H2,25,26,27). The number of nitrogens with zero attached hydrogens (tertiary/aromatic N) is 3. The number of benzene rings is 1. The smallest absolute Gasteiger partial charge is 0.410 e. The molecule has 180 valence electrons. The van der Waals surface area contributed by atoms with Gasteiger partial charge in [0.2, 0.25) is 0 Å². The number of carbonyl (C=O) groups excluding carboxylic acids is 1. The molecular weight excluding hydrogens is 406 g/mol. The van der Waals surface area contributed by atoms with Crippen LogP contribution in [0.5, 0.6) is 0 Å². The van der Waals surface area contributed by atoms with Crippen LogP contribution in [-0.4, -0.2) is 79.9 Å². The highest BCUT2D eigenvalue weighted by Crippen LogP contribution is 2.14. The molecule has 1 saturated heterocycles. The molecule has 1 aromatic rings. The molecule has 0 radical (unpaired) electrons. The molecule has 0 spiro atoms. The van der Waals surface area contributed by atoms with Crippen molar-refractivity contribution < 1.29 is 14.3 Å². The minimum atomic E-state index is -0.497. The molecule has 1 amide bonds. The first-order valence-electron chi connectivity index (χ1n) is 11.7. The Morgan fingerprint density at radius 3 is 2.47 bits per heavy atom. The Kier molecular flexibility index (Phi) is 10.8. The number of hydrogen-bond acceptors (Lipinski definition) is 5. The fourth-order valence-corrected chi connectivity index (χ4v) is 3.39. The molecule has 0 bridgehead atoms. The summed E-state index contributed by atoms with van der Waals surface area (Å²) >= 11 is 0. The molecule has 1 fully saturated rings. The van der Waals surface area contributed by atoms with Gasteiger partial charge in [0.25, 0.3) is 0 Å². The van der Waals surface area contributed by atoms with Gasteiger partial charge >= 0.3 is 6.09 Å². The summed E-state index contributed by atoms with van der Waals surface area (Å²) in [4.78, 5) is 21.2. The van der Waals surface area contributed by atoms with Crippen LogP contribution in [0.15, 0.2) is 29.3 Å². The Labute approximate surface area is 193 Å². The van der Waals surface area contributed by atoms with Crippen molar-refractivity contribution in [2.24, 2.45) is 4.99 Å². The van der Waals surface area contributed by atoms with Crippen LogP contribution in [0, 0.1) is 0 Å². The third kappa shape index (κ3) is 9.44. The van der Waals surface area contributed by atoms with E-state index in [0.29, 0.717) is 26.2 Å². The first-order chi connectivity index (χ1) is 15.3. The van der Waals surface area contributed by atoms with E-state index in [0.717, 1.165) is 45.4 Å². The first kappa shape index (κ1) is 25.9. The van der Waals surface area contributed by atoms with Gasteiger partial charge in [-0.05, 0) is 45.7 Å². The van der Waals surface area contributed by atoms with E-state index in [1.165, 1.54) is 11.1 Å². The molecule has 8 heteroatoms. The molecule has 2 N–H and O–H groups in total. The molecule has 0 saturated carbocycles. The second-order valence-electron chi connectivity index (χ2n) is 8.84. The van der Waals surface area contributed by atoms with Crippen LogP contribution < -0.4 is 10.6 Å². The zero-order valence-corrected chi connectivity index (χ0v) is 20.4. The molecule has 0 atom stereocenters. The number of amides is 1. The summed E-state index contributed by atoms with van der Waals surface area (Å²) in [5, 5.41) is 6.63. The minimum Gasteiger partial charge on any atom is -0.444 e. The largest absolute Gasteiger partial charge is 0.444 e. The van der Waals surface area contributed by atoms with Gasteiger partial charge in [0.15, 0.2) is 5.96 Å². The van der Waals surface area contributed by atoms with Crippen molar-refractivity contribution in [3.8, 4) is 0 Å². The van der Waals surface area contributed by atoms with Crippen molar-refractivity contribution in [1.82, 2.24) is 20.4 Å². The Hall–Kier alpha value is -2.32. The second kappa shape index (κ2) is 13.3. The van der Waals surface area contributed by atoms with Crippen LogP contribution in [0.3, 0.4) is 0 Å². The maximum absolute atomic E-state index is 12.3. The summed E-state index contributed by atoms with van der Waals surface area (Å²) in [5.74, 6) is 0.744. The van der Waals surface area contributed by atoms with Gasteiger partial charge in [-0.25, -0.2) is 9.79 Å². The van der Waals surface area contributed by atoms with Crippen molar-refractivity contribution in [2.75, 3.05) is 52.5 Å². The van der Waals surface area contributed by atoms with E-state index in [4.69, 9.17) is 14.5 Å². The van der Waals surface area contributed by atoms with Gasteiger partial charge in [0.1, 0.15) is 5.60 Å². The van der Waals surface area contributed by atoms with E-state index in [-0.39, 0.29) is 6.09 Å². The van der Waals surface area contributed by atoms with Gasteiger partial charge in [-0.2, -0.15) is 0 Å². The van der Waals surface area contributed by atoms with Crippen molar-refractivity contribution >= 4 is 12.1 Å². The summed E-state index contributed by atoms with van der Waals surface area (Å²) in [6.45, 7) is 17.2. The minimum absolute atomic E-state index is 0.291. The monoisotopic (exact) mass is 447 g/mol. The molecule has 1 aliphatic heterocycles. The highest BCUT2D eigenvalue weighted by Gasteiger charge is 2.20. The third-order valence-corrected chi connectivity index (χ3v) is 5.08. The predicted octanol–water partition coefficient (Wildman–Crippen LogP) is 2.83. The molecule has 0 aliphatic carbocycles. The average Bonchev–Trinajstić information content (AvgIpc) is 2.75. The van der Waals surface area contributed by atoms with Gasteiger partial charge in [0.05, 0.1) is 19.8 Å². The molecule has 1 heterocycles. The van der Waals surface area contributed by atoms with Crippen LogP contribution >= 0.6 is 0 Å². The van der Waals surface area contributed by atoms with Crippen molar-refractivity contribution in [3.63, 3.8) is 0 Å². The lowest BCUT2D eigenvalue weighted by Gasteiger charge is -2.27. The maximum Gasteiger partial charge on any atom is 0.410 e. The number of likely N-dealkylation sites (N-methyl/N-ethyl adjacent to an activating group) is 1. The summed E-state index contributed by atoms with van der Waals surface area (Å²) in [7, 11) is 0. The predicted molar refractivity (Wildman–Crippen MR) is 129 cm³/mol. The fourth-order valence-electron chi connectivity index (χ4n) is 3.39. The lowest BCUT2D eigenvalue weighted by molar-refractivity contribution is 0.0264. The Bertz CT molecular complexity index is 727. The topological polar surface area (TPSA) is 78.4 Å². The first-order valence-corrected chi connectivity index (χ1v) is 11.7. The summed E-state index contributed by atoms with van der Waals surface area (Å²) in [6.07, 6.45) is -0.291. The quantitative estimate of drug-likeness (QED) is 0.448. The van der Waals surface area contributed by atoms with Gasteiger partial charge in [-0.15, -0.1) is 0 Å². The Morgan fingerprint density at radius 1 is 1.16 bits per heavy atom. The number of rotatable bonds is 9. The van der Waals surface area contributed by atoms with Crippen LogP contribution in [0.25, 0.3) is 0 Å². The van der Waals surface area contributed by atoms with Crippen LogP contribution in [0.4, 0.5) is 4.79 Å². The number of morpholine rings is 1. The van der Waals surface area contributed by atoms with Crippen LogP contribution in [-0.2, 0) is 22.6 Å². The highest BCUT2D eigenvalue weighted by atomic mass is 16.6.